The van der Waals surface area contributed by atoms with Gasteiger partial charge in [0.15, 0.2) is 5.82 Å². The van der Waals surface area contributed by atoms with E-state index >= 15 is 0 Å². The lowest BCUT2D eigenvalue weighted by molar-refractivity contribution is -0.115. The van der Waals surface area contributed by atoms with Gasteiger partial charge in [-0.3, -0.25) is 9.69 Å². The summed E-state index contributed by atoms with van der Waals surface area (Å²) in [6.45, 7) is 0. The van der Waals surface area contributed by atoms with Crippen molar-refractivity contribution in [2.45, 2.75) is 12.5 Å². The molecule has 2 aromatic carbocycles. The standard InChI is InChI=1S/C19H20N4O2/c1-23(2)18(14-9-5-3-6-10-14)19-21-16(22-25-19)13-17(24)20-15-11-7-4-8-12-15/h3-12,18H,13H2,1-2H3,(H,20,24). The largest absolute Gasteiger partial charge is 0.337 e. The zero-order chi connectivity index (χ0) is 17.6. The van der Waals surface area contributed by atoms with Gasteiger partial charge in [-0.2, -0.15) is 4.98 Å². The zero-order valence-electron chi connectivity index (χ0n) is 14.2. The quantitative estimate of drug-likeness (QED) is 0.749. The van der Waals surface area contributed by atoms with Crippen molar-refractivity contribution in [1.29, 1.82) is 0 Å². The van der Waals surface area contributed by atoms with Crippen LogP contribution in [0.25, 0.3) is 0 Å². The molecule has 0 saturated carbocycles. The van der Waals surface area contributed by atoms with Crippen LogP contribution < -0.4 is 5.32 Å². The molecule has 1 heterocycles. The Balaban J connectivity index is 1.72. The molecular weight excluding hydrogens is 316 g/mol. The highest BCUT2D eigenvalue weighted by molar-refractivity contribution is 5.91. The summed E-state index contributed by atoms with van der Waals surface area (Å²) >= 11 is 0. The lowest BCUT2D eigenvalue weighted by Gasteiger charge is -2.20. The fourth-order valence-electron chi connectivity index (χ4n) is 2.62. The van der Waals surface area contributed by atoms with E-state index in [9.17, 15) is 4.79 Å². The van der Waals surface area contributed by atoms with Gasteiger partial charge >= 0.3 is 0 Å². The van der Waals surface area contributed by atoms with Gasteiger partial charge in [-0.05, 0) is 31.8 Å². The maximum absolute atomic E-state index is 12.1. The van der Waals surface area contributed by atoms with Crippen LogP contribution in [0.5, 0.6) is 0 Å². The molecule has 0 radical (unpaired) electrons. The van der Waals surface area contributed by atoms with Crippen molar-refractivity contribution in [2.75, 3.05) is 19.4 Å². The highest BCUT2D eigenvalue weighted by Crippen LogP contribution is 2.25. The number of rotatable bonds is 6. The number of carbonyl (C=O) groups excluding carboxylic acids is 1. The van der Waals surface area contributed by atoms with Crippen LogP contribution in [0.4, 0.5) is 5.69 Å². The Hall–Kier alpha value is -2.99. The first-order valence-electron chi connectivity index (χ1n) is 8.02. The average Bonchev–Trinajstić information content (AvgIpc) is 3.04. The van der Waals surface area contributed by atoms with Crippen LogP contribution in [-0.2, 0) is 11.2 Å². The molecule has 6 heteroatoms. The summed E-state index contributed by atoms with van der Waals surface area (Å²) in [4.78, 5) is 18.5. The minimum Gasteiger partial charge on any atom is -0.337 e. The number of benzene rings is 2. The van der Waals surface area contributed by atoms with E-state index in [0.29, 0.717) is 11.7 Å². The van der Waals surface area contributed by atoms with Gasteiger partial charge in [-0.25, -0.2) is 0 Å². The minimum absolute atomic E-state index is 0.0628. The predicted octanol–water partition coefficient (Wildman–Crippen LogP) is 2.90. The Morgan fingerprint density at radius 1 is 1.08 bits per heavy atom. The Kier molecular flexibility index (Phi) is 5.20. The van der Waals surface area contributed by atoms with E-state index in [1.807, 2.05) is 79.7 Å². The van der Waals surface area contributed by atoms with Crippen LogP contribution >= 0.6 is 0 Å². The molecule has 128 valence electrons. The van der Waals surface area contributed by atoms with Crippen molar-refractivity contribution in [3.05, 3.63) is 77.9 Å². The summed E-state index contributed by atoms with van der Waals surface area (Å²) in [6, 6.07) is 19.1. The first-order valence-corrected chi connectivity index (χ1v) is 8.02. The number of aromatic nitrogens is 2. The van der Waals surface area contributed by atoms with Gasteiger partial charge in [0.05, 0.1) is 6.42 Å². The lowest BCUT2D eigenvalue weighted by atomic mass is 10.1. The van der Waals surface area contributed by atoms with Gasteiger partial charge in [0.2, 0.25) is 11.8 Å². The van der Waals surface area contributed by atoms with E-state index in [-0.39, 0.29) is 18.4 Å². The summed E-state index contributed by atoms with van der Waals surface area (Å²) in [5, 5.41) is 6.77. The molecule has 1 atom stereocenters. The second-order valence-electron chi connectivity index (χ2n) is 5.92. The average molecular weight is 336 g/mol. The smallest absolute Gasteiger partial charge is 0.248 e. The normalized spacial score (nSPS) is 12.1. The molecular formula is C19H20N4O2. The van der Waals surface area contributed by atoms with E-state index in [0.717, 1.165) is 11.3 Å². The van der Waals surface area contributed by atoms with E-state index in [1.165, 1.54) is 0 Å². The molecule has 1 aromatic heterocycles. The number of nitrogens with one attached hydrogen (secondary N) is 1. The van der Waals surface area contributed by atoms with E-state index < -0.39 is 0 Å². The summed E-state index contributed by atoms with van der Waals surface area (Å²) in [5.74, 6) is 0.657. The minimum atomic E-state index is -0.181. The van der Waals surface area contributed by atoms with Gasteiger partial charge in [0.1, 0.15) is 6.04 Å². The van der Waals surface area contributed by atoms with Crippen LogP contribution in [0.1, 0.15) is 23.3 Å². The summed E-state index contributed by atoms with van der Waals surface area (Å²) in [5.41, 5.74) is 1.79. The maximum Gasteiger partial charge on any atom is 0.248 e. The number of nitrogens with zero attached hydrogens (tertiary/aromatic N) is 3. The van der Waals surface area contributed by atoms with Crippen molar-refractivity contribution in [3.63, 3.8) is 0 Å². The van der Waals surface area contributed by atoms with Crippen molar-refractivity contribution in [3.8, 4) is 0 Å². The van der Waals surface area contributed by atoms with E-state index in [2.05, 4.69) is 15.5 Å². The van der Waals surface area contributed by atoms with Crippen LogP contribution in [0, 0.1) is 0 Å². The van der Waals surface area contributed by atoms with Crippen LogP contribution in [0.2, 0.25) is 0 Å². The van der Waals surface area contributed by atoms with Gasteiger partial charge in [0.25, 0.3) is 0 Å². The molecule has 1 N–H and O–H groups in total. The number of carbonyl (C=O) groups is 1. The fraction of sp³-hybridized carbons (Fsp3) is 0.211. The third kappa shape index (κ3) is 4.30. The van der Waals surface area contributed by atoms with Crippen molar-refractivity contribution in [1.82, 2.24) is 15.0 Å². The highest BCUT2D eigenvalue weighted by Gasteiger charge is 2.23. The molecule has 3 rings (SSSR count). The molecule has 0 fully saturated rings. The third-order valence-corrected chi connectivity index (χ3v) is 3.73. The number of anilines is 1. The van der Waals surface area contributed by atoms with Crippen LogP contribution in [0.3, 0.4) is 0 Å². The molecule has 1 unspecified atom stereocenters. The summed E-state index contributed by atoms with van der Waals surface area (Å²) in [7, 11) is 3.90. The first-order chi connectivity index (χ1) is 12.1. The van der Waals surface area contributed by atoms with Crippen molar-refractivity contribution < 1.29 is 9.32 Å². The number of amides is 1. The van der Waals surface area contributed by atoms with Gasteiger partial charge in [0, 0.05) is 5.69 Å². The van der Waals surface area contributed by atoms with Crippen LogP contribution in [0.15, 0.2) is 65.2 Å². The van der Waals surface area contributed by atoms with Gasteiger partial charge in [-0.15, -0.1) is 0 Å². The van der Waals surface area contributed by atoms with Gasteiger partial charge < -0.3 is 9.84 Å². The Bertz CT molecular complexity index is 816. The van der Waals surface area contributed by atoms with E-state index in [4.69, 9.17) is 4.52 Å². The van der Waals surface area contributed by atoms with E-state index in [1.54, 1.807) is 0 Å². The van der Waals surface area contributed by atoms with Crippen LogP contribution in [-0.4, -0.2) is 35.0 Å². The molecule has 1 amide bonds. The predicted molar refractivity (Wildman–Crippen MR) is 95.0 cm³/mol. The first kappa shape index (κ1) is 16.9. The zero-order valence-corrected chi connectivity index (χ0v) is 14.2. The molecule has 6 nitrogen and oxygen atoms in total. The molecule has 0 bridgehead atoms. The third-order valence-electron chi connectivity index (χ3n) is 3.73. The van der Waals surface area contributed by atoms with Crippen molar-refractivity contribution >= 4 is 11.6 Å². The molecule has 25 heavy (non-hydrogen) atoms. The molecule has 0 aliphatic heterocycles. The molecule has 0 saturated heterocycles. The SMILES string of the molecule is CN(C)C(c1ccccc1)c1nc(CC(=O)Nc2ccccc2)no1. The second-order valence-corrected chi connectivity index (χ2v) is 5.92. The highest BCUT2D eigenvalue weighted by atomic mass is 16.5. The monoisotopic (exact) mass is 336 g/mol. The number of para-hydroxylation sites is 1. The Morgan fingerprint density at radius 2 is 1.72 bits per heavy atom. The lowest BCUT2D eigenvalue weighted by Crippen LogP contribution is -2.21. The molecule has 0 spiro atoms. The second kappa shape index (κ2) is 7.72. The number of hydrogen-bond acceptors (Lipinski definition) is 5. The molecule has 0 aliphatic carbocycles. The maximum atomic E-state index is 12.1. The molecule has 0 aliphatic rings. The Labute approximate surface area is 146 Å². The van der Waals surface area contributed by atoms with Crippen molar-refractivity contribution in [2.24, 2.45) is 0 Å². The fourth-order valence-corrected chi connectivity index (χ4v) is 2.62. The Morgan fingerprint density at radius 3 is 2.36 bits per heavy atom. The number of hydrogen-bond donors (Lipinski definition) is 1. The topological polar surface area (TPSA) is 71.3 Å². The summed E-state index contributed by atoms with van der Waals surface area (Å²) in [6.07, 6.45) is 0.0628. The van der Waals surface area contributed by atoms with Gasteiger partial charge in [-0.1, -0.05) is 53.7 Å². The summed E-state index contributed by atoms with van der Waals surface area (Å²) < 4.78 is 5.41. The molecule has 3 aromatic rings.